The van der Waals surface area contributed by atoms with Gasteiger partial charge in [0.05, 0.1) is 6.04 Å². The number of fused-ring (bicyclic) bond motifs is 1. The van der Waals surface area contributed by atoms with Crippen molar-refractivity contribution in [1.82, 2.24) is 4.98 Å². The lowest BCUT2D eigenvalue weighted by Gasteiger charge is -2.00. The number of nitrogens with zero attached hydrogens (tertiary/aromatic N) is 1. The molecule has 1 aromatic rings. The van der Waals surface area contributed by atoms with Gasteiger partial charge in [-0.2, -0.15) is 0 Å². The Balaban J connectivity index is 2.45. The van der Waals surface area contributed by atoms with Crippen molar-refractivity contribution in [3.63, 3.8) is 0 Å². The Morgan fingerprint density at radius 2 is 2.46 bits per heavy atom. The minimum atomic E-state index is -0.563. The van der Waals surface area contributed by atoms with Gasteiger partial charge in [0.1, 0.15) is 18.1 Å². The highest BCUT2D eigenvalue weighted by Gasteiger charge is 2.22. The Morgan fingerprint density at radius 1 is 1.69 bits per heavy atom. The second-order valence-electron chi connectivity index (χ2n) is 2.89. The molecular formula is C8H9N3O2. The van der Waals surface area contributed by atoms with E-state index >= 15 is 0 Å². The maximum absolute atomic E-state index is 10.8. The summed E-state index contributed by atoms with van der Waals surface area (Å²) in [4.78, 5) is 14.6. The Hall–Kier alpha value is -1.62. The van der Waals surface area contributed by atoms with E-state index in [0.717, 1.165) is 5.56 Å². The molecule has 1 aliphatic heterocycles. The molecule has 4 N–H and O–H groups in total. The van der Waals surface area contributed by atoms with E-state index in [9.17, 15) is 4.79 Å². The van der Waals surface area contributed by atoms with Gasteiger partial charge in [-0.25, -0.2) is 0 Å². The third-order valence-corrected chi connectivity index (χ3v) is 1.97. The van der Waals surface area contributed by atoms with E-state index in [1.807, 2.05) is 0 Å². The SMILES string of the molecule is NC(=O)c1cc2c(cn1)C(N)CO2. The molecule has 0 fully saturated rings. The summed E-state index contributed by atoms with van der Waals surface area (Å²) in [5.74, 6) is 0.0446. The van der Waals surface area contributed by atoms with Gasteiger partial charge in [-0.05, 0) is 0 Å². The fraction of sp³-hybridized carbons (Fsp3) is 0.250. The Labute approximate surface area is 74.7 Å². The largest absolute Gasteiger partial charge is 0.491 e. The summed E-state index contributed by atoms with van der Waals surface area (Å²) in [6.45, 7) is 0.430. The van der Waals surface area contributed by atoms with E-state index in [1.165, 1.54) is 12.3 Å². The smallest absolute Gasteiger partial charge is 0.267 e. The van der Waals surface area contributed by atoms with Gasteiger partial charge >= 0.3 is 0 Å². The summed E-state index contributed by atoms with van der Waals surface area (Å²) >= 11 is 0. The molecule has 0 radical (unpaired) electrons. The van der Waals surface area contributed by atoms with Gasteiger partial charge in [0.2, 0.25) is 0 Å². The molecule has 2 heterocycles. The minimum Gasteiger partial charge on any atom is -0.491 e. The van der Waals surface area contributed by atoms with Crippen molar-refractivity contribution in [3.05, 3.63) is 23.5 Å². The van der Waals surface area contributed by atoms with E-state index in [0.29, 0.717) is 12.4 Å². The summed E-state index contributed by atoms with van der Waals surface area (Å²) in [7, 11) is 0. The van der Waals surface area contributed by atoms with Crippen LogP contribution >= 0.6 is 0 Å². The van der Waals surface area contributed by atoms with Gasteiger partial charge < -0.3 is 16.2 Å². The molecule has 1 amide bonds. The minimum absolute atomic E-state index is 0.149. The molecule has 5 heteroatoms. The number of hydrogen-bond acceptors (Lipinski definition) is 4. The number of amides is 1. The highest BCUT2D eigenvalue weighted by atomic mass is 16.5. The van der Waals surface area contributed by atoms with Crippen LogP contribution < -0.4 is 16.2 Å². The molecule has 5 nitrogen and oxygen atoms in total. The standard InChI is InChI=1S/C8H9N3O2/c9-5-3-13-7-1-6(8(10)12)11-2-4(5)7/h1-2,5H,3,9H2,(H2,10,12). The number of pyridine rings is 1. The van der Waals surface area contributed by atoms with Crippen molar-refractivity contribution in [2.45, 2.75) is 6.04 Å². The molecule has 0 saturated heterocycles. The summed E-state index contributed by atoms with van der Waals surface area (Å²) in [5.41, 5.74) is 11.8. The van der Waals surface area contributed by atoms with E-state index in [-0.39, 0.29) is 11.7 Å². The lowest BCUT2D eigenvalue weighted by molar-refractivity contribution is 0.0995. The third kappa shape index (κ3) is 1.23. The molecule has 1 atom stereocenters. The molecule has 68 valence electrons. The Kier molecular flexibility index (Phi) is 1.66. The first-order valence-electron chi connectivity index (χ1n) is 3.86. The number of carbonyl (C=O) groups excluding carboxylic acids is 1. The van der Waals surface area contributed by atoms with Gasteiger partial charge in [0.25, 0.3) is 5.91 Å². The average Bonchev–Trinajstić information content (AvgIpc) is 2.47. The second kappa shape index (κ2) is 2.70. The predicted octanol–water partition coefficient (Wildman–Crippen LogP) is -0.427. The molecule has 0 saturated carbocycles. The van der Waals surface area contributed by atoms with Crippen LogP contribution in [0.4, 0.5) is 0 Å². The summed E-state index contributed by atoms with van der Waals surface area (Å²) in [6, 6.07) is 1.37. The average molecular weight is 179 g/mol. The van der Waals surface area contributed by atoms with Crippen molar-refractivity contribution < 1.29 is 9.53 Å². The van der Waals surface area contributed by atoms with Crippen LogP contribution in [-0.4, -0.2) is 17.5 Å². The molecule has 13 heavy (non-hydrogen) atoms. The number of nitrogens with two attached hydrogens (primary N) is 2. The predicted molar refractivity (Wildman–Crippen MR) is 45.2 cm³/mol. The summed E-state index contributed by atoms with van der Waals surface area (Å²) in [5, 5.41) is 0. The number of hydrogen-bond donors (Lipinski definition) is 2. The van der Waals surface area contributed by atoms with Crippen LogP contribution in [0.2, 0.25) is 0 Å². The fourth-order valence-electron chi connectivity index (χ4n) is 1.26. The molecular weight excluding hydrogens is 170 g/mol. The van der Waals surface area contributed by atoms with E-state index in [4.69, 9.17) is 16.2 Å². The monoisotopic (exact) mass is 179 g/mol. The zero-order valence-corrected chi connectivity index (χ0v) is 6.86. The highest BCUT2D eigenvalue weighted by molar-refractivity contribution is 5.91. The lowest BCUT2D eigenvalue weighted by Crippen LogP contribution is -2.13. The van der Waals surface area contributed by atoms with Gasteiger partial charge in [-0.15, -0.1) is 0 Å². The van der Waals surface area contributed by atoms with Gasteiger partial charge in [0.15, 0.2) is 0 Å². The van der Waals surface area contributed by atoms with E-state index < -0.39 is 5.91 Å². The van der Waals surface area contributed by atoms with Gasteiger partial charge in [-0.1, -0.05) is 0 Å². The fourth-order valence-corrected chi connectivity index (χ4v) is 1.26. The van der Waals surface area contributed by atoms with Gasteiger partial charge in [-0.3, -0.25) is 9.78 Å². The molecule has 0 aliphatic carbocycles. The number of aromatic nitrogens is 1. The van der Waals surface area contributed by atoms with Crippen molar-refractivity contribution in [1.29, 1.82) is 0 Å². The normalized spacial score (nSPS) is 19.3. The van der Waals surface area contributed by atoms with Crippen molar-refractivity contribution in [2.24, 2.45) is 11.5 Å². The molecule has 1 aromatic heterocycles. The van der Waals surface area contributed by atoms with Crippen LogP contribution in [0, 0.1) is 0 Å². The topological polar surface area (TPSA) is 91.2 Å². The van der Waals surface area contributed by atoms with Crippen LogP contribution in [0.5, 0.6) is 5.75 Å². The first-order chi connectivity index (χ1) is 6.18. The Morgan fingerprint density at radius 3 is 3.15 bits per heavy atom. The van der Waals surface area contributed by atoms with Crippen molar-refractivity contribution in [3.8, 4) is 5.75 Å². The highest BCUT2D eigenvalue weighted by Crippen LogP contribution is 2.30. The Bertz CT molecular complexity index is 364. The van der Waals surface area contributed by atoms with Crippen LogP contribution in [0.3, 0.4) is 0 Å². The summed E-state index contributed by atoms with van der Waals surface area (Å²) < 4.78 is 5.23. The molecule has 0 aromatic carbocycles. The molecule has 1 unspecified atom stereocenters. The first kappa shape index (κ1) is 8.00. The number of ether oxygens (including phenoxy) is 1. The van der Waals surface area contributed by atoms with Crippen LogP contribution in [0.1, 0.15) is 22.1 Å². The van der Waals surface area contributed by atoms with E-state index in [1.54, 1.807) is 0 Å². The van der Waals surface area contributed by atoms with E-state index in [2.05, 4.69) is 4.98 Å². The first-order valence-corrected chi connectivity index (χ1v) is 3.86. The van der Waals surface area contributed by atoms with Crippen molar-refractivity contribution >= 4 is 5.91 Å². The number of primary amides is 1. The van der Waals surface area contributed by atoms with Crippen LogP contribution in [-0.2, 0) is 0 Å². The maximum Gasteiger partial charge on any atom is 0.267 e. The molecule has 0 spiro atoms. The van der Waals surface area contributed by atoms with Crippen molar-refractivity contribution in [2.75, 3.05) is 6.61 Å². The number of rotatable bonds is 1. The zero-order valence-electron chi connectivity index (χ0n) is 6.86. The van der Waals surface area contributed by atoms with Crippen LogP contribution in [0.25, 0.3) is 0 Å². The quantitative estimate of drug-likeness (QED) is 0.612. The zero-order chi connectivity index (χ0) is 9.42. The molecule has 2 rings (SSSR count). The summed E-state index contributed by atoms with van der Waals surface area (Å²) in [6.07, 6.45) is 1.53. The molecule has 1 aliphatic rings. The number of carbonyl (C=O) groups is 1. The molecule has 0 bridgehead atoms. The van der Waals surface area contributed by atoms with Gasteiger partial charge in [0, 0.05) is 17.8 Å². The van der Waals surface area contributed by atoms with Crippen LogP contribution in [0.15, 0.2) is 12.3 Å². The second-order valence-corrected chi connectivity index (χ2v) is 2.89. The third-order valence-electron chi connectivity index (χ3n) is 1.97. The lowest BCUT2D eigenvalue weighted by atomic mass is 10.1. The maximum atomic E-state index is 10.8.